The second-order valence-corrected chi connectivity index (χ2v) is 6.08. The van der Waals surface area contributed by atoms with E-state index in [-0.39, 0.29) is 5.54 Å². The van der Waals surface area contributed by atoms with Crippen LogP contribution >= 0.6 is 0 Å². The van der Waals surface area contributed by atoms with Gasteiger partial charge in [0.15, 0.2) is 0 Å². The van der Waals surface area contributed by atoms with Gasteiger partial charge in [-0.15, -0.1) is 0 Å². The van der Waals surface area contributed by atoms with Crippen molar-refractivity contribution in [3.63, 3.8) is 0 Å². The van der Waals surface area contributed by atoms with Crippen LogP contribution in [0, 0.1) is 11.8 Å². The highest BCUT2D eigenvalue weighted by Gasteiger charge is 2.42. The van der Waals surface area contributed by atoms with Crippen LogP contribution in [0.4, 0.5) is 0 Å². The van der Waals surface area contributed by atoms with Gasteiger partial charge in [0.2, 0.25) is 0 Å². The summed E-state index contributed by atoms with van der Waals surface area (Å²) in [6.45, 7) is 6.38. The summed E-state index contributed by atoms with van der Waals surface area (Å²) in [6, 6.07) is 2.04. The van der Waals surface area contributed by atoms with Crippen molar-refractivity contribution >= 4 is 0 Å². The molecule has 1 heterocycles. The molecule has 0 radical (unpaired) electrons. The van der Waals surface area contributed by atoms with Crippen molar-refractivity contribution in [3.05, 3.63) is 24.2 Å². The summed E-state index contributed by atoms with van der Waals surface area (Å²) in [6.07, 6.45) is 7.35. The van der Waals surface area contributed by atoms with Gasteiger partial charge in [-0.2, -0.15) is 0 Å². The van der Waals surface area contributed by atoms with Gasteiger partial charge >= 0.3 is 0 Å². The van der Waals surface area contributed by atoms with Gasteiger partial charge in [-0.1, -0.05) is 13.8 Å². The maximum Gasteiger partial charge on any atom is 0.0947 e. The van der Waals surface area contributed by atoms with Crippen LogP contribution in [0.15, 0.2) is 23.0 Å². The first-order valence-electron chi connectivity index (χ1n) is 7.01. The van der Waals surface area contributed by atoms with Crippen LogP contribution in [0.5, 0.6) is 0 Å². The summed E-state index contributed by atoms with van der Waals surface area (Å²) in [4.78, 5) is 2.44. The van der Waals surface area contributed by atoms with Crippen LogP contribution in [0.1, 0.15) is 38.7 Å². The summed E-state index contributed by atoms with van der Waals surface area (Å²) in [7, 11) is 2.20. The van der Waals surface area contributed by atoms with E-state index in [2.05, 4.69) is 25.8 Å². The van der Waals surface area contributed by atoms with Gasteiger partial charge < -0.3 is 10.2 Å². The Morgan fingerprint density at radius 1 is 1.50 bits per heavy atom. The van der Waals surface area contributed by atoms with Crippen molar-refractivity contribution in [3.8, 4) is 0 Å². The molecule has 0 aromatic carbocycles. The lowest BCUT2D eigenvalue weighted by Crippen LogP contribution is -2.58. The van der Waals surface area contributed by atoms with Gasteiger partial charge in [-0.05, 0) is 44.2 Å². The smallest absolute Gasteiger partial charge is 0.0947 e. The van der Waals surface area contributed by atoms with Crippen molar-refractivity contribution in [2.75, 3.05) is 13.6 Å². The van der Waals surface area contributed by atoms with Crippen molar-refractivity contribution in [2.45, 2.75) is 45.2 Å². The Morgan fingerprint density at radius 2 is 2.28 bits per heavy atom. The molecule has 0 aliphatic heterocycles. The number of furan rings is 1. The van der Waals surface area contributed by atoms with Gasteiger partial charge in [0.05, 0.1) is 12.5 Å². The largest absolute Gasteiger partial charge is 0.472 e. The van der Waals surface area contributed by atoms with Crippen molar-refractivity contribution in [1.29, 1.82) is 0 Å². The second-order valence-electron chi connectivity index (χ2n) is 6.08. The van der Waals surface area contributed by atoms with Gasteiger partial charge in [-0.25, -0.2) is 0 Å². The third kappa shape index (κ3) is 2.47. The molecule has 3 atom stereocenters. The summed E-state index contributed by atoms with van der Waals surface area (Å²) in [5, 5.41) is 0. The SMILES string of the molecule is CC1CCC(CN)(N(C)Cc2ccoc2)C(C)C1. The van der Waals surface area contributed by atoms with E-state index in [1.54, 1.807) is 6.26 Å². The zero-order chi connectivity index (χ0) is 13.2. The molecule has 2 N–H and O–H groups in total. The Bertz CT molecular complexity index is 363. The Labute approximate surface area is 110 Å². The molecule has 102 valence electrons. The monoisotopic (exact) mass is 250 g/mol. The minimum atomic E-state index is 0.157. The number of nitrogens with zero attached hydrogens (tertiary/aromatic N) is 1. The van der Waals surface area contributed by atoms with Crippen LogP contribution in [0.2, 0.25) is 0 Å². The van der Waals surface area contributed by atoms with Crippen LogP contribution in [-0.4, -0.2) is 24.0 Å². The van der Waals surface area contributed by atoms with Gasteiger partial charge in [0, 0.05) is 24.2 Å². The van der Waals surface area contributed by atoms with Crippen LogP contribution in [-0.2, 0) is 6.54 Å². The molecule has 18 heavy (non-hydrogen) atoms. The lowest BCUT2D eigenvalue weighted by molar-refractivity contribution is 0.0127. The second kappa shape index (κ2) is 5.45. The number of likely N-dealkylation sites (N-methyl/N-ethyl adjacent to an activating group) is 1. The van der Waals surface area contributed by atoms with E-state index in [4.69, 9.17) is 10.2 Å². The lowest BCUT2D eigenvalue weighted by Gasteiger charge is -2.50. The Balaban J connectivity index is 2.11. The molecule has 1 aromatic rings. The molecule has 0 amide bonds. The molecule has 0 spiro atoms. The Morgan fingerprint density at radius 3 is 2.83 bits per heavy atom. The highest BCUT2D eigenvalue weighted by atomic mass is 16.3. The standard InChI is InChI=1S/C15H26N2O/c1-12-4-6-15(11-16,13(2)8-12)17(3)9-14-5-7-18-10-14/h5,7,10,12-13H,4,6,8-9,11,16H2,1-3H3. The fourth-order valence-electron chi connectivity index (χ4n) is 3.52. The lowest BCUT2D eigenvalue weighted by atomic mass is 9.69. The first-order chi connectivity index (χ1) is 8.58. The molecule has 1 aliphatic rings. The number of hydrogen-bond acceptors (Lipinski definition) is 3. The van der Waals surface area contributed by atoms with Crippen molar-refractivity contribution in [2.24, 2.45) is 17.6 Å². The third-order valence-electron chi connectivity index (χ3n) is 4.86. The van der Waals surface area contributed by atoms with E-state index >= 15 is 0 Å². The molecule has 1 aliphatic carbocycles. The Kier molecular flexibility index (Phi) is 4.13. The van der Waals surface area contributed by atoms with Gasteiger partial charge in [0.25, 0.3) is 0 Å². The van der Waals surface area contributed by atoms with E-state index in [0.717, 1.165) is 19.0 Å². The average molecular weight is 250 g/mol. The minimum Gasteiger partial charge on any atom is -0.472 e. The fourth-order valence-corrected chi connectivity index (χ4v) is 3.52. The summed E-state index contributed by atoms with van der Waals surface area (Å²) in [5.41, 5.74) is 7.53. The van der Waals surface area contributed by atoms with E-state index in [0.29, 0.717) is 5.92 Å². The molecule has 3 heteroatoms. The molecule has 0 bridgehead atoms. The fraction of sp³-hybridized carbons (Fsp3) is 0.733. The van der Waals surface area contributed by atoms with Crippen LogP contribution in [0.25, 0.3) is 0 Å². The summed E-state index contributed by atoms with van der Waals surface area (Å²) in [5.74, 6) is 1.49. The molecular formula is C15H26N2O. The molecule has 3 unspecified atom stereocenters. The van der Waals surface area contributed by atoms with Crippen LogP contribution < -0.4 is 5.73 Å². The maximum atomic E-state index is 6.14. The van der Waals surface area contributed by atoms with Gasteiger partial charge in [-0.3, -0.25) is 4.90 Å². The van der Waals surface area contributed by atoms with Crippen molar-refractivity contribution in [1.82, 2.24) is 4.90 Å². The molecule has 1 aromatic heterocycles. The number of hydrogen-bond donors (Lipinski definition) is 1. The molecule has 2 rings (SSSR count). The molecule has 1 fully saturated rings. The first-order valence-corrected chi connectivity index (χ1v) is 7.01. The predicted molar refractivity (Wildman–Crippen MR) is 74.1 cm³/mol. The molecule has 1 saturated carbocycles. The molecule has 0 saturated heterocycles. The van der Waals surface area contributed by atoms with Crippen molar-refractivity contribution < 1.29 is 4.42 Å². The van der Waals surface area contributed by atoms with E-state index in [9.17, 15) is 0 Å². The predicted octanol–water partition coefficient (Wildman–Crippen LogP) is 2.87. The summed E-state index contributed by atoms with van der Waals surface area (Å²) < 4.78 is 5.16. The van der Waals surface area contributed by atoms with Gasteiger partial charge in [0.1, 0.15) is 0 Å². The van der Waals surface area contributed by atoms with Crippen LogP contribution in [0.3, 0.4) is 0 Å². The minimum absolute atomic E-state index is 0.157. The van der Waals surface area contributed by atoms with E-state index in [1.165, 1.54) is 24.8 Å². The third-order valence-corrected chi connectivity index (χ3v) is 4.86. The molecule has 3 nitrogen and oxygen atoms in total. The number of nitrogens with two attached hydrogens (primary N) is 1. The topological polar surface area (TPSA) is 42.4 Å². The average Bonchev–Trinajstić information content (AvgIpc) is 2.82. The zero-order valence-electron chi connectivity index (χ0n) is 11.9. The highest BCUT2D eigenvalue weighted by Crippen LogP contribution is 2.40. The van der Waals surface area contributed by atoms with E-state index < -0.39 is 0 Å². The number of rotatable bonds is 4. The summed E-state index contributed by atoms with van der Waals surface area (Å²) >= 11 is 0. The van der Waals surface area contributed by atoms with E-state index in [1.807, 2.05) is 12.3 Å². The first kappa shape index (κ1) is 13.6. The highest BCUT2D eigenvalue weighted by molar-refractivity contribution is 5.08. The quantitative estimate of drug-likeness (QED) is 0.893. The maximum absolute atomic E-state index is 6.14. The zero-order valence-corrected chi connectivity index (χ0v) is 11.9. The normalized spacial score (nSPS) is 32.9. The molecular weight excluding hydrogens is 224 g/mol. The Hall–Kier alpha value is -0.800.